The first kappa shape index (κ1) is 20.3. The van der Waals surface area contributed by atoms with Gasteiger partial charge in [-0.1, -0.05) is 12.1 Å². The van der Waals surface area contributed by atoms with Crippen LogP contribution in [0.5, 0.6) is 5.75 Å². The molecule has 2 aromatic carbocycles. The number of ether oxygens (including phenoxy) is 2. The smallest absolute Gasteiger partial charge is 0.306 e. The van der Waals surface area contributed by atoms with Crippen molar-refractivity contribution in [3.05, 3.63) is 70.3 Å². The highest BCUT2D eigenvalue weighted by atomic mass is 16.5. The zero-order valence-corrected chi connectivity index (χ0v) is 16.3. The molecule has 1 N–H and O–H groups in total. The summed E-state index contributed by atoms with van der Waals surface area (Å²) in [7, 11) is 1.55. The van der Waals surface area contributed by atoms with Gasteiger partial charge in [-0.05, 0) is 49.7 Å². The van der Waals surface area contributed by atoms with Crippen LogP contribution >= 0.6 is 0 Å². The Morgan fingerprint density at radius 1 is 1.10 bits per heavy atom. The summed E-state index contributed by atoms with van der Waals surface area (Å²) in [6, 6.07) is 13.7. The number of methoxy groups -OCH3 is 1. The number of para-hydroxylation sites is 1. The van der Waals surface area contributed by atoms with Gasteiger partial charge in [0.1, 0.15) is 11.6 Å². The summed E-state index contributed by atoms with van der Waals surface area (Å²) in [5.41, 5.74) is 0.864. The molecule has 1 atom stereocenters. The molecule has 0 fully saturated rings. The Morgan fingerprint density at radius 3 is 2.55 bits per heavy atom. The van der Waals surface area contributed by atoms with Gasteiger partial charge in [0, 0.05) is 18.4 Å². The maximum atomic E-state index is 12.4. The molecule has 3 rings (SSSR count). The molecule has 0 saturated carbocycles. The predicted octanol–water partition coefficient (Wildman–Crippen LogP) is 3.07. The molecule has 29 heavy (non-hydrogen) atoms. The zero-order valence-electron chi connectivity index (χ0n) is 16.3. The van der Waals surface area contributed by atoms with Gasteiger partial charge in [0.15, 0.2) is 6.10 Å². The average Bonchev–Trinajstić information content (AvgIpc) is 2.73. The molecule has 0 aliphatic heterocycles. The molecule has 0 radical (unpaired) electrons. The van der Waals surface area contributed by atoms with Gasteiger partial charge in [0.25, 0.3) is 5.56 Å². The molecule has 1 heterocycles. The Labute approximate surface area is 167 Å². The normalized spacial score (nSPS) is 11.8. The lowest BCUT2D eigenvalue weighted by atomic mass is 10.1. The summed E-state index contributed by atoms with van der Waals surface area (Å²) in [5, 5.41) is 0.529. The van der Waals surface area contributed by atoms with Crippen LogP contribution in [0.25, 0.3) is 10.9 Å². The number of nitrogens with one attached hydrogen (secondary N) is 1. The number of hydrogen-bond acceptors (Lipinski definition) is 6. The summed E-state index contributed by atoms with van der Waals surface area (Å²) in [5.74, 6) is 0.416. The number of hydrogen-bond donors (Lipinski definition) is 1. The lowest BCUT2D eigenvalue weighted by Gasteiger charge is -2.12. The van der Waals surface area contributed by atoms with Gasteiger partial charge in [-0.15, -0.1) is 0 Å². The summed E-state index contributed by atoms with van der Waals surface area (Å²) in [6.07, 6.45) is 0.116. The molecule has 3 aromatic rings. The molecule has 0 aliphatic carbocycles. The van der Waals surface area contributed by atoms with Crippen molar-refractivity contribution in [2.75, 3.05) is 7.11 Å². The molecule has 0 amide bonds. The number of aryl methyl sites for hydroxylation is 1. The number of Topliss-reactive ketones (excluding diaryl/α,β-unsaturated/α-hetero) is 1. The number of benzene rings is 2. The van der Waals surface area contributed by atoms with E-state index in [0.717, 1.165) is 0 Å². The second-order valence-corrected chi connectivity index (χ2v) is 6.61. The van der Waals surface area contributed by atoms with E-state index in [0.29, 0.717) is 40.9 Å². The number of H-pyrrole nitrogens is 1. The number of carbonyl (C=O) groups excluding carboxylic acids is 2. The summed E-state index contributed by atoms with van der Waals surface area (Å²) >= 11 is 0. The highest BCUT2D eigenvalue weighted by Gasteiger charge is 2.19. The van der Waals surface area contributed by atoms with E-state index in [-0.39, 0.29) is 17.8 Å². The van der Waals surface area contributed by atoms with Crippen molar-refractivity contribution in [2.45, 2.75) is 32.3 Å². The predicted molar refractivity (Wildman–Crippen MR) is 108 cm³/mol. The van der Waals surface area contributed by atoms with Crippen molar-refractivity contribution in [3.63, 3.8) is 0 Å². The first-order valence-electron chi connectivity index (χ1n) is 9.33. The molecule has 0 saturated heterocycles. The Kier molecular flexibility index (Phi) is 6.39. The summed E-state index contributed by atoms with van der Waals surface area (Å²) in [4.78, 5) is 43.6. The van der Waals surface area contributed by atoms with E-state index in [4.69, 9.17) is 9.47 Å². The first-order valence-corrected chi connectivity index (χ1v) is 9.33. The van der Waals surface area contributed by atoms with Crippen molar-refractivity contribution in [1.29, 1.82) is 0 Å². The van der Waals surface area contributed by atoms with Gasteiger partial charge in [-0.25, -0.2) is 4.98 Å². The third-order valence-corrected chi connectivity index (χ3v) is 4.51. The zero-order chi connectivity index (χ0) is 20.8. The SMILES string of the molecule is COc1ccc(C(=O)C(C)OC(=O)CCCc2nc3ccccc3c(=O)[nH]2)cc1. The molecule has 0 spiro atoms. The second-order valence-electron chi connectivity index (χ2n) is 6.61. The fourth-order valence-corrected chi connectivity index (χ4v) is 2.95. The highest BCUT2D eigenvalue weighted by Crippen LogP contribution is 2.14. The molecular weight excluding hydrogens is 372 g/mol. The van der Waals surface area contributed by atoms with E-state index in [2.05, 4.69) is 9.97 Å². The van der Waals surface area contributed by atoms with Crippen molar-refractivity contribution in [1.82, 2.24) is 9.97 Å². The van der Waals surface area contributed by atoms with Crippen molar-refractivity contribution >= 4 is 22.7 Å². The van der Waals surface area contributed by atoms with Crippen molar-refractivity contribution in [2.24, 2.45) is 0 Å². The Morgan fingerprint density at radius 2 is 1.83 bits per heavy atom. The van der Waals surface area contributed by atoms with Gasteiger partial charge in [0.2, 0.25) is 5.78 Å². The van der Waals surface area contributed by atoms with E-state index in [9.17, 15) is 14.4 Å². The molecular formula is C22H22N2O5. The van der Waals surface area contributed by atoms with Gasteiger partial charge >= 0.3 is 5.97 Å². The van der Waals surface area contributed by atoms with Crippen LogP contribution in [-0.2, 0) is 16.0 Å². The molecule has 0 aliphatic rings. The minimum atomic E-state index is -0.880. The Hall–Kier alpha value is -3.48. The summed E-state index contributed by atoms with van der Waals surface area (Å²) < 4.78 is 10.3. The maximum absolute atomic E-state index is 12.4. The van der Waals surface area contributed by atoms with Crippen LogP contribution in [0.3, 0.4) is 0 Å². The van der Waals surface area contributed by atoms with Crippen LogP contribution in [0.4, 0.5) is 0 Å². The third-order valence-electron chi connectivity index (χ3n) is 4.51. The lowest BCUT2D eigenvalue weighted by Crippen LogP contribution is -2.24. The van der Waals surface area contributed by atoms with Gasteiger partial charge in [-0.2, -0.15) is 0 Å². The molecule has 0 bridgehead atoms. The maximum Gasteiger partial charge on any atom is 0.306 e. The van der Waals surface area contributed by atoms with Crippen LogP contribution in [0.2, 0.25) is 0 Å². The van der Waals surface area contributed by atoms with Gasteiger partial charge in [0.05, 0.1) is 18.0 Å². The molecule has 150 valence electrons. The van der Waals surface area contributed by atoms with Gasteiger partial charge < -0.3 is 14.5 Å². The fraction of sp³-hybridized carbons (Fsp3) is 0.273. The van der Waals surface area contributed by atoms with Crippen LogP contribution in [0.1, 0.15) is 35.9 Å². The van der Waals surface area contributed by atoms with Crippen LogP contribution in [0.15, 0.2) is 53.3 Å². The lowest BCUT2D eigenvalue weighted by molar-refractivity contribution is -0.146. The number of aromatic nitrogens is 2. The van der Waals surface area contributed by atoms with Crippen molar-refractivity contribution in [3.8, 4) is 5.75 Å². The van der Waals surface area contributed by atoms with Crippen molar-refractivity contribution < 1.29 is 19.1 Å². The minimum Gasteiger partial charge on any atom is -0.497 e. The topological polar surface area (TPSA) is 98.3 Å². The number of nitrogens with zero attached hydrogens (tertiary/aromatic N) is 1. The van der Waals surface area contributed by atoms with E-state index < -0.39 is 12.1 Å². The van der Waals surface area contributed by atoms with Crippen LogP contribution in [-0.4, -0.2) is 34.9 Å². The third kappa shape index (κ3) is 5.07. The van der Waals surface area contributed by atoms with E-state index in [1.54, 1.807) is 56.5 Å². The van der Waals surface area contributed by atoms with Crippen LogP contribution < -0.4 is 10.3 Å². The summed E-state index contributed by atoms with van der Waals surface area (Å²) in [6.45, 7) is 1.55. The largest absolute Gasteiger partial charge is 0.497 e. The van der Waals surface area contributed by atoms with Crippen LogP contribution in [0, 0.1) is 0 Å². The number of ketones is 1. The number of rotatable bonds is 8. The molecule has 7 nitrogen and oxygen atoms in total. The molecule has 7 heteroatoms. The van der Waals surface area contributed by atoms with E-state index in [1.807, 2.05) is 6.07 Å². The minimum absolute atomic E-state index is 0.122. The number of aromatic amines is 1. The number of carbonyl (C=O) groups is 2. The Bertz CT molecular complexity index is 1070. The van der Waals surface area contributed by atoms with Gasteiger partial charge in [-0.3, -0.25) is 14.4 Å². The van der Waals surface area contributed by atoms with E-state index >= 15 is 0 Å². The second kappa shape index (κ2) is 9.14. The first-order chi connectivity index (χ1) is 14.0. The fourth-order valence-electron chi connectivity index (χ4n) is 2.95. The quantitative estimate of drug-likeness (QED) is 0.466. The molecule has 1 unspecified atom stereocenters. The highest BCUT2D eigenvalue weighted by molar-refractivity contribution is 6.00. The van der Waals surface area contributed by atoms with E-state index in [1.165, 1.54) is 0 Å². The number of fused-ring (bicyclic) bond motifs is 1. The standard InChI is InChI=1S/C22H22N2O5/c1-14(21(26)15-10-12-16(28-2)13-11-15)29-20(25)9-5-8-19-23-18-7-4-3-6-17(18)22(27)24-19/h3-4,6-7,10-14H,5,8-9H2,1-2H3,(H,23,24,27). The molecule has 1 aromatic heterocycles. The Balaban J connectivity index is 1.51. The monoisotopic (exact) mass is 394 g/mol. The number of esters is 1. The average molecular weight is 394 g/mol.